The molecule has 4 atom stereocenters. The molecule has 4 unspecified atom stereocenters. The average molecular weight is 244 g/mol. The molecule has 0 radical (unpaired) electrons. The second-order valence-electron chi connectivity index (χ2n) is 5.81. The second-order valence-corrected chi connectivity index (χ2v) is 5.81. The largest absolute Gasteiger partial charge is 0.491 e. The summed E-state index contributed by atoms with van der Waals surface area (Å²) in [4.78, 5) is 2.60. The van der Waals surface area contributed by atoms with Crippen molar-refractivity contribution >= 4 is 0 Å². The average Bonchev–Trinajstić information content (AvgIpc) is 2.98. The highest BCUT2D eigenvalue weighted by Crippen LogP contribution is 2.34. The number of para-hydroxylation sites is 1. The van der Waals surface area contributed by atoms with E-state index in [1.165, 1.54) is 38.0 Å². The first-order valence-electron chi connectivity index (χ1n) is 7.10. The van der Waals surface area contributed by atoms with Gasteiger partial charge in [-0.05, 0) is 37.9 Å². The minimum absolute atomic E-state index is 0.401. The maximum atomic E-state index is 5.76. The molecule has 1 aromatic carbocycles. The van der Waals surface area contributed by atoms with E-state index in [-0.39, 0.29) is 0 Å². The molecular weight excluding hydrogens is 224 g/mol. The zero-order valence-electron chi connectivity index (χ0n) is 10.6. The van der Waals surface area contributed by atoms with E-state index in [0.29, 0.717) is 12.1 Å². The maximum Gasteiger partial charge on any atom is 0.124 e. The Hall–Kier alpha value is -1.06. The van der Waals surface area contributed by atoms with Gasteiger partial charge in [0.1, 0.15) is 12.4 Å². The SMILES string of the molecule is c1ccc2c(c1)OCC2NC1CCN2CCC1C2. The van der Waals surface area contributed by atoms with E-state index >= 15 is 0 Å². The number of hydrogen-bond acceptors (Lipinski definition) is 3. The third-order valence-electron chi connectivity index (χ3n) is 4.75. The summed E-state index contributed by atoms with van der Waals surface area (Å²) >= 11 is 0. The number of fused-ring (bicyclic) bond motifs is 3. The number of nitrogens with zero attached hydrogens (tertiary/aromatic N) is 1. The Balaban J connectivity index is 1.49. The van der Waals surface area contributed by atoms with Crippen LogP contribution in [-0.4, -0.2) is 37.2 Å². The second kappa shape index (κ2) is 4.25. The quantitative estimate of drug-likeness (QED) is 0.858. The first kappa shape index (κ1) is 10.8. The van der Waals surface area contributed by atoms with Crippen molar-refractivity contribution < 1.29 is 4.74 Å². The van der Waals surface area contributed by atoms with Crippen LogP contribution in [0.5, 0.6) is 5.75 Å². The van der Waals surface area contributed by atoms with E-state index in [4.69, 9.17) is 4.74 Å². The van der Waals surface area contributed by atoms with Crippen LogP contribution in [0, 0.1) is 5.92 Å². The minimum Gasteiger partial charge on any atom is -0.491 e. The zero-order valence-corrected chi connectivity index (χ0v) is 10.6. The van der Waals surface area contributed by atoms with Crippen molar-refractivity contribution in [1.29, 1.82) is 0 Å². The van der Waals surface area contributed by atoms with Crippen LogP contribution in [0.4, 0.5) is 0 Å². The van der Waals surface area contributed by atoms with Gasteiger partial charge in [0.25, 0.3) is 0 Å². The summed E-state index contributed by atoms with van der Waals surface area (Å²) in [5.74, 6) is 1.92. The molecule has 0 aromatic heterocycles. The molecule has 1 N–H and O–H groups in total. The highest BCUT2D eigenvalue weighted by molar-refractivity contribution is 5.39. The Bertz CT molecular complexity index is 448. The summed E-state index contributed by atoms with van der Waals surface area (Å²) in [5, 5.41) is 3.85. The van der Waals surface area contributed by atoms with Crippen LogP contribution in [0.15, 0.2) is 24.3 Å². The van der Waals surface area contributed by atoms with Crippen molar-refractivity contribution in [2.75, 3.05) is 26.2 Å². The lowest BCUT2D eigenvalue weighted by Gasteiger charge is -2.32. The van der Waals surface area contributed by atoms with Gasteiger partial charge in [0.2, 0.25) is 0 Å². The Labute approximate surface area is 108 Å². The fourth-order valence-electron chi connectivity index (χ4n) is 3.73. The third-order valence-corrected chi connectivity index (χ3v) is 4.75. The topological polar surface area (TPSA) is 24.5 Å². The summed E-state index contributed by atoms with van der Waals surface area (Å²) < 4.78 is 5.76. The van der Waals surface area contributed by atoms with Gasteiger partial charge in [-0.2, -0.15) is 0 Å². The molecule has 3 nitrogen and oxygen atoms in total. The lowest BCUT2D eigenvalue weighted by atomic mass is 9.93. The number of nitrogens with one attached hydrogen (secondary N) is 1. The zero-order chi connectivity index (χ0) is 11.9. The summed E-state index contributed by atoms with van der Waals surface area (Å²) in [6.07, 6.45) is 2.66. The lowest BCUT2D eigenvalue weighted by molar-refractivity contribution is 0.199. The fourth-order valence-corrected chi connectivity index (χ4v) is 3.73. The Morgan fingerprint density at radius 3 is 3.06 bits per heavy atom. The van der Waals surface area contributed by atoms with Crippen LogP contribution in [0.1, 0.15) is 24.4 Å². The van der Waals surface area contributed by atoms with Gasteiger partial charge in [-0.1, -0.05) is 18.2 Å². The number of benzene rings is 1. The Kier molecular flexibility index (Phi) is 2.55. The van der Waals surface area contributed by atoms with Crippen molar-refractivity contribution in [1.82, 2.24) is 10.2 Å². The van der Waals surface area contributed by atoms with Crippen LogP contribution < -0.4 is 10.1 Å². The van der Waals surface area contributed by atoms with E-state index in [1.54, 1.807) is 0 Å². The molecule has 2 fully saturated rings. The molecule has 0 amide bonds. The van der Waals surface area contributed by atoms with Gasteiger partial charge in [-0.25, -0.2) is 0 Å². The van der Waals surface area contributed by atoms with Crippen molar-refractivity contribution in [3.63, 3.8) is 0 Å². The molecule has 96 valence electrons. The Morgan fingerprint density at radius 2 is 2.06 bits per heavy atom. The molecule has 2 bridgehead atoms. The van der Waals surface area contributed by atoms with E-state index < -0.39 is 0 Å². The normalized spacial score (nSPS) is 37.3. The first-order chi connectivity index (χ1) is 8.90. The summed E-state index contributed by atoms with van der Waals surface area (Å²) in [6, 6.07) is 9.53. The monoisotopic (exact) mass is 244 g/mol. The molecule has 4 rings (SSSR count). The highest BCUT2D eigenvalue weighted by atomic mass is 16.5. The smallest absolute Gasteiger partial charge is 0.124 e. The van der Waals surface area contributed by atoms with E-state index in [0.717, 1.165) is 18.3 Å². The molecular formula is C15H20N2O. The van der Waals surface area contributed by atoms with Crippen LogP contribution in [0.3, 0.4) is 0 Å². The van der Waals surface area contributed by atoms with Crippen molar-refractivity contribution in [2.45, 2.75) is 24.9 Å². The minimum atomic E-state index is 0.401. The van der Waals surface area contributed by atoms with Crippen LogP contribution in [0.2, 0.25) is 0 Å². The fraction of sp³-hybridized carbons (Fsp3) is 0.600. The van der Waals surface area contributed by atoms with Crippen LogP contribution in [-0.2, 0) is 0 Å². The van der Waals surface area contributed by atoms with Gasteiger partial charge >= 0.3 is 0 Å². The highest BCUT2D eigenvalue weighted by Gasteiger charge is 2.36. The van der Waals surface area contributed by atoms with Crippen molar-refractivity contribution in [3.05, 3.63) is 29.8 Å². The molecule has 0 saturated carbocycles. The number of piperidine rings is 1. The van der Waals surface area contributed by atoms with Crippen LogP contribution in [0.25, 0.3) is 0 Å². The molecule has 0 aliphatic carbocycles. The standard InChI is InChI=1S/C15H20N2O/c1-2-4-15-12(3-1)14(10-18-15)16-13-6-8-17-7-5-11(13)9-17/h1-4,11,13-14,16H,5-10H2. The lowest BCUT2D eigenvalue weighted by Crippen LogP contribution is -2.45. The summed E-state index contributed by atoms with van der Waals surface area (Å²) in [7, 11) is 0. The van der Waals surface area contributed by atoms with Gasteiger partial charge in [0, 0.05) is 18.2 Å². The van der Waals surface area contributed by atoms with Gasteiger partial charge < -0.3 is 15.0 Å². The Morgan fingerprint density at radius 1 is 1.17 bits per heavy atom. The number of hydrogen-bond donors (Lipinski definition) is 1. The molecule has 2 saturated heterocycles. The van der Waals surface area contributed by atoms with Crippen molar-refractivity contribution in [2.24, 2.45) is 5.92 Å². The van der Waals surface area contributed by atoms with E-state index in [2.05, 4.69) is 34.5 Å². The van der Waals surface area contributed by atoms with E-state index in [1.807, 2.05) is 0 Å². The molecule has 3 aliphatic rings. The summed E-state index contributed by atoms with van der Waals surface area (Å²) in [5.41, 5.74) is 1.35. The third kappa shape index (κ3) is 1.73. The number of ether oxygens (including phenoxy) is 1. The van der Waals surface area contributed by atoms with Gasteiger partial charge in [-0.15, -0.1) is 0 Å². The molecule has 3 aliphatic heterocycles. The van der Waals surface area contributed by atoms with Crippen molar-refractivity contribution in [3.8, 4) is 5.75 Å². The van der Waals surface area contributed by atoms with E-state index in [9.17, 15) is 0 Å². The predicted molar refractivity (Wildman–Crippen MR) is 70.8 cm³/mol. The van der Waals surface area contributed by atoms with Gasteiger partial charge in [0.15, 0.2) is 0 Å². The van der Waals surface area contributed by atoms with Gasteiger partial charge in [-0.3, -0.25) is 0 Å². The summed E-state index contributed by atoms with van der Waals surface area (Å²) in [6.45, 7) is 4.67. The first-order valence-corrected chi connectivity index (χ1v) is 7.10. The molecule has 1 aromatic rings. The molecule has 3 heteroatoms. The predicted octanol–water partition coefficient (Wildman–Crippen LogP) is 1.80. The number of rotatable bonds is 2. The maximum absolute atomic E-state index is 5.76. The van der Waals surface area contributed by atoms with Crippen LogP contribution >= 0.6 is 0 Å². The molecule has 18 heavy (non-hydrogen) atoms. The van der Waals surface area contributed by atoms with Gasteiger partial charge in [0.05, 0.1) is 6.04 Å². The molecule has 3 heterocycles. The molecule has 0 spiro atoms.